The number of benzene rings is 2. The molecule has 0 spiro atoms. The van der Waals surface area contributed by atoms with Crippen molar-refractivity contribution in [3.63, 3.8) is 0 Å². The van der Waals surface area contributed by atoms with Crippen molar-refractivity contribution in [3.8, 4) is 0 Å². The molecule has 0 amide bonds. The monoisotopic (exact) mass is 393 g/mol. The topological polar surface area (TPSA) is 3.24 Å². The van der Waals surface area contributed by atoms with Gasteiger partial charge in [0.2, 0.25) is 0 Å². The Morgan fingerprint density at radius 1 is 0.815 bits per heavy atom. The molecule has 0 fully saturated rings. The maximum absolute atomic E-state index is 6.60. The predicted octanol–water partition coefficient (Wildman–Crippen LogP) is 6.89. The van der Waals surface area contributed by atoms with Crippen LogP contribution in [0.25, 0.3) is 0 Å². The maximum Gasteiger partial charge on any atom is 0.0582 e. The van der Waals surface area contributed by atoms with Gasteiger partial charge in [-0.3, -0.25) is 0 Å². The third kappa shape index (κ3) is 2.31. The van der Waals surface area contributed by atoms with E-state index in [1.165, 1.54) is 28.8 Å². The van der Waals surface area contributed by atoms with E-state index in [0.29, 0.717) is 29.7 Å². The van der Waals surface area contributed by atoms with Gasteiger partial charge in [-0.15, -0.1) is 0 Å². The van der Waals surface area contributed by atoms with Crippen molar-refractivity contribution < 1.29 is 0 Å². The summed E-state index contributed by atoms with van der Waals surface area (Å²) >= 11 is 12.8. The van der Waals surface area contributed by atoms with Gasteiger partial charge in [-0.25, -0.2) is 0 Å². The second-order valence-electron chi connectivity index (χ2n) is 8.38. The Morgan fingerprint density at radius 2 is 1.52 bits per heavy atom. The molecule has 0 bridgehead atoms. The van der Waals surface area contributed by atoms with Crippen LogP contribution in [0, 0.1) is 11.8 Å². The lowest BCUT2D eigenvalue weighted by Gasteiger charge is -2.51. The lowest BCUT2D eigenvalue weighted by Crippen LogP contribution is -2.46. The minimum absolute atomic E-state index is 0.399. The Balaban J connectivity index is 1.59. The fourth-order valence-corrected chi connectivity index (χ4v) is 6.34. The van der Waals surface area contributed by atoms with Crippen molar-refractivity contribution in [2.24, 2.45) is 11.8 Å². The summed E-state index contributed by atoms with van der Waals surface area (Å²) in [6, 6.07) is 13.4. The highest BCUT2D eigenvalue weighted by Gasteiger charge is 2.47. The third-order valence-electron chi connectivity index (χ3n) is 7.03. The zero-order valence-electron chi connectivity index (χ0n) is 15.0. The van der Waals surface area contributed by atoms with Gasteiger partial charge >= 0.3 is 0 Å². The summed E-state index contributed by atoms with van der Waals surface area (Å²) in [6.07, 6.45) is 11.8. The Bertz CT molecular complexity index is 957. The summed E-state index contributed by atoms with van der Waals surface area (Å²) < 4.78 is 0. The van der Waals surface area contributed by atoms with Crippen LogP contribution in [0.3, 0.4) is 0 Å². The van der Waals surface area contributed by atoms with E-state index in [2.05, 4.69) is 53.5 Å². The lowest BCUT2D eigenvalue weighted by atomic mass is 9.71. The molecule has 3 heteroatoms. The quantitative estimate of drug-likeness (QED) is 0.476. The molecule has 136 valence electrons. The molecule has 0 saturated heterocycles. The number of anilines is 1. The Labute approximate surface area is 170 Å². The average Bonchev–Trinajstić information content (AvgIpc) is 3.32. The number of nitrogens with zero attached hydrogens (tertiary/aromatic N) is 1. The largest absolute Gasteiger partial charge is 0.363 e. The molecular weight excluding hydrogens is 373 g/mol. The van der Waals surface area contributed by atoms with Gasteiger partial charge < -0.3 is 4.90 Å². The molecule has 2 aromatic rings. The van der Waals surface area contributed by atoms with Gasteiger partial charge in [-0.2, -0.15) is 0 Å². The molecule has 4 aliphatic rings. The molecule has 0 radical (unpaired) electrons. The first kappa shape index (κ1) is 16.3. The van der Waals surface area contributed by atoms with Gasteiger partial charge in [0.15, 0.2) is 0 Å². The van der Waals surface area contributed by atoms with Crippen molar-refractivity contribution in [1.29, 1.82) is 0 Å². The number of rotatable bonds is 1. The van der Waals surface area contributed by atoms with Gasteiger partial charge in [0, 0.05) is 34.1 Å². The van der Waals surface area contributed by atoms with Crippen LogP contribution in [0.2, 0.25) is 10.0 Å². The highest BCUT2D eigenvalue weighted by Crippen LogP contribution is 2.59. The summed E-state index contributed by atoms with van der Waals surface area (Å²) in [5, 5.41) is 1.69. The summed E-state index contributed by atoms with van der Waals surface area (Å²) in [4.78, 5) is 2.70. The average molecular weight is 394 g/mol. The maximum atomic E-state index is 6.60. The summed E-state index contributed by atoms with van der Waals surface area (Å²) in [5.41, 5.74) is 5.69. The second-order valence-corrected chi connectivity index (χ2v) is 9.26. The number of hydrogen-bond acceptors (Lipinski definition) is 1. The number of halogens is 2. The highest BCUT2D eigenvalue weighted by atomic mass is 35.5. The van der Waals surface area contributed by atoms with Gasteiger partial charge in [0.05, 0.1) is 6.04 Å². The molecule has 5 atom stereocenters. The van der Waals surface area contributed by atoms with Crippen LogP contribution in [0.5, 0.6) is 0 Å². The fourth-order valence-electron chi connectivity index (χ4n) is 5.98. The van der Waals surface area contributed by atoms with Crippen LogP contribution in [0.4, 0.5) is 5.69 Å². The first-order chi connectivity index (χ1) is 13.2. The van der Waals surface area contributed by atoms with Crippen LogP contribution >= 0.6 is 23.2 Å². The Morgan fingerprint density at radius 3 is 2.33 bits per heavy atom. The van der Waals surface area contributed by atoms with Crippen molar-refractivity contribution in [3.05, 3.63) is 87.4 Å². The first-order valence-electron chi connectivity index (χ1n) is 9.89. The molecule has 0 N–H and O–H groups in total. The minimum Gasteiger partial charge on any atom is -0.363 e. The van der Waals surface area contributed by atoms with Crippen LogP contribution in [-0.2, 0) is 0 Å². The fraction of sp³-hybridized carbons (Fsp3) is 0.333. The number of fused-ring (bicyclic) bond motifs is 4. The van der Waals surface area contributed by atoms with E-state index in [4.69, 9.17) is 23.2 Å². The molecule has 27 heavy (non-hydrogen) atoms. The molecule has 0 unspecified atom stereocenters. The molecule has 0 aromatic heterocycles. The molecule has 2 aliphatic heterocycles. The Hall–Kier alpha value is -1.70. The zero-order valence-corrected chi connectivity index (χ0v) is 16.5. The smallest absolute Gasteiger partial charge is 0.0582 e. The van der Waals surface area contributed by atoms with Gasteiger partial charge in [0.1, 0.15) is 0 Å². The molecule has 6 rings (SSSR count). The van der Waals surface area contributed by atoms with E-state index >= 15 is 0 Å². The summed E-state index contributed by atoms with van der Waals surface area (Å²) in [6.45, 7) is 1.12. The molecule has 2 aliphatic carbocycles. The minimum atomic E-state index is 0.399. The lowest BCUT2D eigenvalue weighted by molar-refractivity contribution is 0.335. The van der Waals surface area contributed by atoms with Gasteiger partial charge in [-0.1, -0.05) is 59.6 Å². The standard InChI is InChI=1S/C24H21Cl2N/c25-16-9-7-14(8-10-16)23-20-6-2-5-19(20)22-12-17(26)11-21-18-4-1-3-15(18)13-27(23)24(21)22/h1-2,4-5,7-12,15,18-20,23H,3,6,13H2/t15-,18-,19-,20+,23+/m0/s1. The Kier molecular flexibility index (Phi) is 3.55. The predicted molar refractivity (Wildman–Crippen MR) is 113 cm³/mol. The van der Waals surface area contributed by atoms with E-state index in [0.717, 1.165) is 23.0 Å². The molecule has 2 heterocycles. The molecular formula is C24H21Cl2N. The second kappa shape index (κ2) is 5.90. The SMILES string of the molecule is Clc1ccc([C@@H]2[C@@H]3CC=C[C@@H]3c3cc(Cl)cc4c3N2C[C@@H]2CC=C[C@H]42)cc1. The van der Waals surface area contributed by atoms with Crippen molar-refractivity contribution >= 4 is 28.9 Å². The number of hydrogen-bond donors (Lipinski definition) is 0. The molecule has 0 saturated carbocycles. The molecule has 2 aromatic carbocycles. The van der Waals surface area contributed by atoms with Crippen LogP contribution in [0.1, 0.15) is 47.4 Å². The van der Waals surface area contributed by atoms with E-state index in [9.17, 15) is 0 Å². The third-order valence-corrected chi connectivity index (χ3v) is 7.50. The summed E-state index contributed by atoms with van der Waals surface area (Å²) in [5.74, 6) is 2.19. The normalized spacial score (nSPS) is 32.4. The highest BCUT2D eigenvalue weighted by molar-refractivity contribution is 6.31. The van der Waals surface area contributed by atoms with E-state index in [1.54, 1.807) is 0 Å². The molecule has 1 nitrogen and oxygen atoms in total. The van der Waals surface area contributed by atoms with Gasteiger partial charge in [-0.05, 0) is 65.6 Å². The first-order valence-corrected chi connectivity index (χ1v) is 10.6. The van der Waals surface area contributed by atoms with Crippen molar-refractivity contribution in [2.75, 3.05) is 11.4 Å². The van der Waals surface area contributed by atoms with Crippen molar-refractivity contribution in [2.45, 2.75) is 30.7 Å². The van der Waals surface area contributed by atoms with E-state index in [-0.39, 0.29) is 0 Å². The van der Waals surface area contributed by atoms with Crippen LogP contribution < -0.4 is 4.90 Å². The van der Waals surface area contributed by atoms with E-state index < -0.39 is 0 Å². The van der Waals surface area contributed by atoms with Crippen LogP contribution in [0.15, 0.2) is 60.7 Å². The summed E-state index contributed by atoms with van der Waals surface area (Å²) in [7, 11) is 0. The zero-order chi connectivity index (χ0) is 18.1. The van der Waals surface area contributed by atoms with E-state index in [1.807, 2.05) is 12.1 Å². The van der Waals surface area contributed by atoms with Crippen molar-refractivity contribution in [1.82, 2.24) is 0 Å². The van der Waals surface area contributed by atoms with Gasteiger partial charge in [0.25, 0.3) is 0 Å². The number of allylic oxidation sites excluding steroid dienone is 4. The van der Waals surface area contributed by atoms with Crippen LogP contribution in [-0.4, -0.2) is 6.54 Å².